The van der Waals surface area contributed by atoms with Crippen molar-refractivity contribution in [3.8, 4) is 17.2 Å². The Bertz CT molecular complexity index is 1300. The molecule has 2 aliphatic heterocycles. The number of fused-ring (bicyclic) bond motifs is 2. The summed E-state index contributed by atoms with van der Waals surface area (Å²) in [6, 6.07) is 18.3. The Hall–Kier alpha value is -3.30. The van der Waals surface area contributed by atoms with Crippen LogP contribution in [0.2, 0.25) is 0 Å². The van der Waals surface area contributed by atoms with E-state index in [-0.39, 0.29) is 30.5 Å². The quantitative estimate of drug-likeness (QED) is 0.556. The molecule has 2 aliphatic rings. The van der Waals surface area contributed by atoms with Crippen molar-refractivity contribution in [2.75, 3.05) is 46.0 Å². The lowest BCUT2D eigenvalue weighted by Gasteiger charge is -2.34. The summed E-state index contributed by atoms with van der Waals surface area (Å²) in [4.78, 5) is 14.5. The lowest BCUT2D eigenvalue weighted by atomic mass is 10.1. The van der Waals surface area contributed by atoms with Gasteiger partial charge in [-0.25, -0.2) is 8.42 Å². The van der Waals surface area contributed by atoms with E-state index < -0.39 is 10.0 Å². The SMILES string of the molecule is O=C(COc1ccc2ccccc2c1)N1CCN(S(=O)(=O)c2ccc3c(c2)OCCCO3)CC1. The molecule has 0 N–H and O–H groups in total. The Balaban J connectivity index is 1.18. The molecule has 0 unspecified atom stereocenters. The van der Waals surface area contributed by atoms with Gasteiger partial charge in [0, 0.05) is 38.7 Å². The van der Waals surface area contributed by atoms with Crippen LogP contribution in [-0.2, 0) is 14.8 Å². The maximum absolute atomic E-state index is 13.2. The lowest BCUT2D eigenvalue weighted by Crippen LogP contribution is -2.51. The van der Waals surface area contributed by atoms with E-state index >= 15 is 0 Å². The number of ether oxygens (including phenoxy) is 3. The molecule has 0 radical (unpaired) electrons. The molecule has 8 nitrogen and oxygen atoms in total. The molecule has 0 atom stereocenters. The van der Waals surface area contributed by atoms with E-state index in [0.717, 1.165) is 17.2 Å². The number of nitrogens with zero attached hydrogens (tertiary/aromatic N) is 2. The topological polar surface area (TPSA) is 85.4 Å². The second-order valence-corrected chi connectivity index (χ2v) is 10.2. The van der Waals surface area contributed by atoms with Crippen molar-refractivity contribution < 1.29 is 27.4 Å². The molecule has 0 spiro atoms. The van der Waals surface area contributed by atoms with Crippen LogP contribution in [0.3, 0.4) is 0 Å². The number of carbonyl (C=O) groups is 1. The Morgan fingerprint density at radius 1 is 0.853 bits per heavy atom. The van der Waals surface area contributed by atoms with Crippen molar-refractivity contribution in [2.45, 2.75) is 11.3 Å². The van der Waals surface area contributed by atoms with Gasteiger partial charge in [0.15, 0.2) is 18.1 Å². The smallest absolute Gasteiger partial charge is 0.260 e. The molecule has 3 aromatic carbocycles. The highest BCUT2D eigenvalue weighted by atomic mass is 32.2. The first-order valence-corrected chi connectivity index (χ1v) is 12.7. The Kier molecular flexibility index (Phi) is 6.30. The van der Waals surface area contributed by atoms with Gasteiger partial charge in [0.2, 0.25) is 10.0 Å². The van der Waals surface area contributed by atoms with Gasteiger partial charge in [-0.05, 0) is 35.0 Å². The van der Waals surface area contributed by atoms with E-state index in [9.17, 15) is 13.2 Å². The zero-order valence-electron chi connectivity index (χ0n) is 18.7. The predicted molar refractivity (Wildman–Crippen MR) is 127 cm³/mol. The largest absolute Gasteiger partial charge is 0.490 e. The highest BCUT2D eigenvalue weighted by Gasteiger charge is 2.31. The molecular formula is C25H26N2O6S. The first-order chi connectivity index (χ1) is 16.5. The lowest BCUT2D eigenvalue weighted by molar-refractivity contribution is -0.134. The third kappa shape index (κ3) is 4.67. The van der Waals surface area contributed by atoms with Crippen molar-refractivity contribution >= 4 is 26.7 Å². The van der Waals surface area contributed by atoms with Crippen LogP contribution >= 0.6 is 0 Å². The number of hydrogen-bond acceptors (Lipinski definition) is 6. The second kappa shape index (κ2) is 9.52. The third-order valence-electron chi connectivity index (χ3n) is 6.03. The summed E-state index contributed by atoms with van der Waals surface area (Å²) in [7, 11) is -3.70. The fourth-order valence-electron chi connectivity index (χ4n) is 4.12. The standard InChI is InChI=1S/C25H26N2O6S/c28-25(18-33-21-7-6-19-4-1-2-5-20(19)16-21)26-10-12-27(13-11-26)34(29,30)22-8-9-23-24(17-22)32-15-3-14-31-23/h1-2,4-9,16-17H,3,10-15,18H2. The predicted octanol–water partition coefficient (Wildman–Crippen LogP) is 2.91. The average molecular weight is 483 g/mol. The number of carbonyl (C=O) groups excluding carboxylic acids is 1. The third-order valence-corrected chi connectivity index (χ3v) is 7.93. The normalized spacial score (nSPS) is 16.8. The van der Waals surface area contributed by atoms with Gasteiger partial charge >= 0.3 is 0 Å². The minimum Gasteiger partial charge on any atom is -0.490 e. The minimum absolute atomic E-state index is 0.0900. The van der Waals surface area contributed by atoms with Crippen molar-refractivity contribution in [3.63, 3.8) is 0 Å². The van der Waals surface area contributed by atoms with E-state index in [0.29, 0.717) is 43.6 Å². The number of piperazine rings is 1. The Morgan fingerprint density at radius 3 is 2.38 bits per heavy atom. The number of amides is 1. The van der Waals surface area contributed by atoms with Gasteiger partial charge < -0.3 is 19.1 Å². The Labute approximate surface area is 198 Å². The van der Waals surface area contributed by atoms with E-state index in [1.165, 1.54) is 16.4 Å². The minimum atomic E-state index is -3.70. The second-order valence-electron chi connectivity index (χ2n) is 8.24. The summed E-state index contributed by atoms with van der Waals surface area (Å²) >= 11 is 0. The van der Waals surface area contributed by atoms with E-state index in [1.807, 2.05) is 42.5 Å². The molecule has 34 heavy (non-hydrogen) atoms. The maximum atomic E-state index is 13.2. The molecule has 1 saturated heterocycles. The first-order valence-electron chi connectivity index (χ1n) is 11.3. The molecule has 0 bridgehead atoms. The molecule has 2 heterocycles. The maximum Gasteiger partial charge on any atom is 0.260 e. The van der Waals surface area contributed by atoms with Crippen LogP contribution in [0, 0.1) is 0 Å². The molecule has 178 valence electrons. The summed E-state index contributed by atoms with van der Waals surface area (Å²) < 4.78 is 44.6. The van der Waals surface area contributed by atoms with Crippen molar-refractivity contribution in [1.82, 2.24) is 9.21 Å². The summed E-state index contributed by atoms with van der Waals surface area (Å²) in [6.07, 6.45) is 0.747. The van der Waals surface area contributed by atoms with Gasteiger partial charge in [-0.2, -0.15) is 4.31 Å². The van der Waals surface area contributed by atoms with Gasteiger partial charge in [-0.15, -0.1) is 0 Å². The average Bonchev–Trinajstić information content (AvgIpc) is 3.12. The molecule has 0 aromatic heterocycles. The van der Waals surface area contributed by atoms with Crippen LogP contribution in [-0.4, -0.2) is 69.5 Å². The molecular weight excluding hydrogens is 456 g/mol. The molecule has 1 fully saturated rings. The summed E-state index contributed by atoms with van der Waals surface area (Å²) in [5.74, 6) is 1.46. The Morgan fingerprint density at radius 2 is 1.59 bits per heavy atom. The van der Waals surface area contributed by atoms with Gasteiger partial charge in [0.25, 0.3) is 5.91 Å². The highest BCUT2D eigenvalue weighted by Crippen LogP contribution is 2.33. The molecule has 3 aromatic rings. The molecule has 9 heteroatoms. The van der Waals surface area contributed by atoms with Crippen LogP contribution in [0.1, 0.15) is 6.42 Å². The van der Waals surface area contributed by atoms with Crippen LogP contribution < -0.4 is 14.2 Å². The first kappa shape index (κ1) is 22.5. The van der Waals surface area contributed by atoms with Gasteiger partial charge in [0.1, 0.15) is 5.75 Å². The van der Waals surface area contributed by atoms with Crippen LogP contribution in [0.15, 0.2) is 65.6 Å². The zero-order chi connectivity index (χ0) is 23.5. The highest BCUT2D eigenvalue weighted by molar-refractivity contribution is 7.89. The number of benzene rings is 3. The molecule has 5 rings (SSSR count). The summed E-state index contributed by atoms with van der Waals surface area (Å²) in [6.45, 7) is 2.00. The van der Waals surface area contributed by atoms with Gasteiger partial charge in [-0.1, -0.05) is 30.3 Å². The zero-order valence-corrected chi connectivity index (χ0v) is 19.5. The number of hydrogen-bond donors (Lipinski definition) is 0. The summed E-state index contributed by atoms with van der Waals surface area (Å²) in [5.41, 5.74) is 0. The van der Waals surface area contributed by atoms with E-state index in [1.54, 1.807) is 11.0 Å². The molecule has 0 saturated carbocycles. The van der Waals surface area contributed by atoms with Crippen LogP contribution in [0.5, 0.6) is 17.2 Å². The monoisotopic (exact) mass is 482 g/mol. The number of rotatable bonds is 5. The molecule has 0 aliphatic carbocycles. The molecule has 1 amide bonds. The van der Waals surface area contributed by atoms with Crippen molar-refractivity contribution in [2.24, 2.45) is 0 Å². The van der Waals surface area contributed by atoms with Crippen molar-refractivity contribution in [1.29, 1.82) is 0 Å². The summed E-state index contributed by atoms with van der Waals surface area (Å²) in [5, 5.41) is 2.15. The fraction of sp³-hybridized carbons (Fsp3) is 0.320. The van der Waals surface area contributed by atoms with E-state index in [4.69, 9.17) is 14.2 Å². The van der Waals surface area contributed by atoms with Gasteiger partial charge in [-0.3, -0.25) is 4.79 Å². The van der Waals surface area contributed by atoms with E-state index in [2.05, 4.69) is 0 Å². The van der Waals surface area contributed by atoms with Gasteiger partial charge in [0.05, 0.1) is 18.1 Å². The number of sulfonamides is 1. The fourth-order valence-corrected chi connectivity index (χ4v) is 5.56. The van der Waals surface area contributed by atoms with Crippen molar-refractivity contribution in [3.05, 3.63) is 60.7 Å². The van der Waals surface area contributed by atoms with Crippen LogP contribution in [0.25, 0.3) is 10.8 Å². The van der Waals surface area contributed by atoms with Crippen LogP contribution in [0.4, 0.5) is 0 Å².